The molecule has 2 aromatic carbocycles. The van der Waals surface area contributed by atoms with Crippen molar-refractivity contribution in [2.24, 2.45) is 17.8 Å². The summed E-state index contributed by atoms with van der Waals surface area (Å²) < 4.78 is 10.1. The number of carbonyl (C=O) groups is 5. The quantitative estimate of drug-likeness (QED) is 0.144. The van der Waals surface area contributed by atoms with Gasteiger partial charge in [-0.15, -0.1) is 0 Å². The Morgan fingerprint density at radius 2 is 1.83 bits per heavy atom. The number of ether oxygens (including phenoxy) is 1. The first-order chi connectivity index (χ1) is 23.0. The van der Waals surface area contributed by atoms with E-state index in [1.807, 2.05) is 56.3 Å². The molecule has 1 aliphatic rings. The summed E-state index contributed by atoms with van der Waals surface area (Å²) in [6.45, 7) is 7.56. The van der Waals surface area contributed by atoms with Crippen LogP contribution in [0.3, 0.4) is 0 Å². The first-order valence-electron chi connectivity index (χ1n) is 17.0. The molecule has 2 amide bonds. The third-order valence-electron chi connectivity index (χ3n) is 8.73. The Balaban J connectivity index is 1.57. The first-order valence-corrected chi connectivity index (χ1v) is 17.0. The van der Waals surface area contributed by atoms with Crippen LogP contribution < -0.4 is 10.6 Å². The topological polar surface area (TPSA) is 145 Å². The standard InChI is InChI=1S/C38H47N3O7/c1-5-47-36(44)18-17-30(21-28-12-7-9-16-34(28)42)39-37(45)29(19-24(2)3)23-35(43)32(40-38(46)33-20-25(4)48-41-33)22-27-14-10-13-26-11-6-8-15-31(26)27/h6,8,10-11,13-15,17-18,20,24,28-30,32H,5,7,9,12,16,19,21-23H2,1-4H3,(H,39,45)(H,40,46)/b18-17+/t28-,29+,30?,32-/m0/s1. The Labute approximate surface area is 282 Å². The lowest BCUT2D eigenvalue weighted by Gasteiger charge is -2.27. The van der Waals surface area contributed by atoms with Gasteiger partial charge in [0.05, 0.1) is 12.6 Å². The van der Waals surface area contributed by atoms with Gasteiger partial charge in [0.25, 0.3) is 5.91 Å². The van der Waals surface area contributed by atoms with E-state index in [9.17, 15) is 24.0 Å². The fourth-order valence-electron chi connectivity index (χ4n) is 6.36. The highest BCUT2D eigenvalue weighted by Crippen LogP contribution is 2.26. The highest BCUT2D eigenvalue weighted by molar-refractivity contribution is 5.98. The van der Waals surface area contributed by atoms with E-state index in [1.165, 1.54) is 12.1 Å². The van der Waals surface area contributed by atoms with Crippen molar-refractivity contribution in [1.82, 2.24) is 15.8 Å². The van der Waals surface area contributed by atoms with Crippen molar-refractivity contribution in [2.45, 2.75) is 91.1 Å². The molecular formula is C38H47N3O7. The molecule has 10 heteroatoms. The number of aromatic nitrogens is 1. The molecule has 0 bridgehead atoms. The van der Waals surface area contributed by atoms with Gasteiger partial charge in [-0.25, -0.2) is 4.79 Å². The van der Waals surface area contributed by atoms with Crippen LogP contribution in [0.5, 0.6) is 0 Å². The van der Waals surface area contributed by atoms with Crippen molar-refractivity contribution >= 4 is 40.1 Å². The minimum absolute atomic E-state index is 0.0631. The van der Waals surface area contributed by atoms with Crippen LogP contribution in [-0.2, 0) is 30.3 Å². The van der Waals surface area contributed by atoms with Gasteiger partial charge in [0.1, 0.15) is 11.5 Å². The second-order valence-electron chi connectivity index (χ2n) is 13.1. The molecule has 0 saturated heterocycles. The van der Waals surface area contributed by atoms with Gasteiger partial charge in [0.15, 0.2) is 11.5 Å². The second-order valence-corrected chi connectivity index (χ2v) is 13.1. The van der Waals surface area contributed by atoms with Crippen molar-refractivity contribution in [1.29, 1.82) is 0 Å². The van der Waals surface area contributed by atoms with E-state index in [4.69, 9.17) is 9.26 Å². The summed E-state index contributed by atoms with van der Waals surface area (Å²) in [7, 11) is 0. The Kier molecular flexibility index (Phi) is 13.2. The number of hydrogen-bond donors (Lipinski definition) is 2. The maximum atomic E-state index is 14.1. The lowest BCUT2D eigenvalue weighted by atomic mass is 9.83. The number of Topliss-reactive ketones (excluding diaryl/α,β-unsaturated/α-hetero) is 2. The summed E-state index contributed by atoms with van der Waals surface area (Å²) in [5.74, 6) is -1.93. The number of aryl methyl sites for hydroxylation is 1. The minimum atomic E-state index is -0.942. The summed E-state index contributed by atoms with van der Waals surface area (Å²) in [6.07, 6.45) is 6.77. The van der Waals surface area contributed by atoms with Gasteiger partial charge in [-0.1, -0.05) is 74.0 Å². The molecule has 256 valence electrons. The normalized spacial score (nSPS) is 16.9. The number of hydrogen-bond acceptors (Lipinski definition) is 8. The average Bonchev–Trinajstić information content (AvgIpc) is 3.50. The maximum absolute atomic E-state index is 14.1. The van der Waals surface area contributed by atoms with Gasteiger partial charge in [-0.3, -0.25) is 19.2 Å². The molecule has 1 saturated carbocycles. The zero-order chi connectivity index (χ0) is 34.6. The molecule has 0 radical (unpaired) electrons. The predicted molar refractivity (Wildman–Crippen MR) is 182 cm³/mol. The van der Waals surface area contributed by atoms with Crippen molar-refractivity contribution in [3.05, 3.63) is 77.7 Å². The highest BCUT2D eigenvalue weighted by Gasteiger charge is 2.32. The van der Waals surface area contributed by atoms with E-state index in [-0.39, 0.29) is 54.5 Å². The summed E-state index contributed by atoms with van der Waals surface area (Å²) in [4.78, 5) is 66.1. The molecule has 1 aliphatic carbocycles. The Hall–Kier alpha value is -4.60. The van der Waals surface area contributed by atoms with E-state index in [1.54, 1.807) is 19.9 Å². The van der Waals surface area contributed by atoms with Gasteiger partial charge in [-0.2, -0.15) is 0 Å². The van der Waals surface area contributed by atoms with E-state index < -0.39 is 29.9 Å². The number of rotatable bonds is 16. The lowest BCUT2D eigenvalue weighted by molar-refractivity contribution is -0.137. The molecule has 4 rings (SSSR count). The fraction of sp³-hybridized carbons (Fsp3) is 0.474. The number of benzene rings is 2. The highest BCUT2D eigenvalue weighted by atomic mass is 16.5. The van der Waals surface area contributed by atoms with E-state index >= 15 is 0 Å². The molecule has 0 spiro atoms. The van der Waals surface area contributed by atoms with E-state index in [0.717, 1.165) is 35.6 Å². The molecule has 1 aromatic heterocycles. The molecular weight excluding hydrogens is 610 g/mol. The number of fused-ring (bicyclic) bond motifs is 1. The Morgan fingerprint density at radius 3 is 2.54 bits per heavy atom. The molecule has 2 N–H and O–H groups in total. The molecule has 10 nitrogen and oxygen atoms in total. The number of esters is 1. The SMILES string of the molecule is CCOC(=O)/C=C/C(C[C@@H]1CCCCC1=O)NC(=O)[C@@H](CC(=O)[C@H](Cc1cccc2ccccc12)NC(=O)c1cc(C)on1)CC(C)C. The summed E-state index contributed by atoms with van der Waals surface area (Å²) >= 11 is 0. The molecule has 1 heterocycles. The summed E-state index contributed by atoms with van der Waals surface area (Å²) in [6, 6.07) is 13.6. The molecule has 0 aliphatic heterocycles. The summed E-state index contributed by atoms with van der Waals surface area (Å²) in [5.41, 5.74) is 0.947. The third kappa shape index (κ3) is 10.5. The van der Waals surface area contributed by atoms with E-state index in [2.05, 4.69) is 15.8 Å². The maximum Gasteiger partial charge on any atom is 0.330 e. The van der Waals surface area contributed by atoms with Crippen LogP contribution in [0.25, 0.3) is 10.8 Å². The molecule has 1 unspecified atom stereocenters. The Morgan fingerprint density at radius 1 is 1.06 bits per heavy atom. The zero-order valence-corrected chi connectivity index (χ0v) is 28.3. The zero-order valence-electron chi connectivity index (χ0n) is 28.3. The van der Waals surface area contributed by atoms with Gasteiger partial charge in [0.2, 0.25) is 5.91 Å². The number of amides is 2. The van der Waals surface area contributed by atoms with Gasteiger partial charge < -0.3 is 19.9 Å². The van der Waals surface area contributed by atoms with Crippen LogP contribution in [0, 0.1) is 24.7 Å². The minimum Gasteiger partial charge on any atom is -0.463 e. The number of carbonyl (C=O) groups excluding carboxylic acids is 5. The third-order valence-corrected chi connectivity index (χ3v) is 8.73. The van der Waals surface area contributed by atoms with Gasteiger partial charge >= 0.3 is 5.97 Å². The largest absolute Gasteiger partial charge is 0.463 e. The predicted octanol–water partition coefficient (Wildman–Crippen LogP) is 5.85. The Bertz CT molecular complexity index is 1620. The fourth-order valence-corrected chi connectivity index (χ4v) is 6.36. The number of nitrogens with zero attached hydrogens (tertiary/aromatic N) is 1. The van der Waals surface area contributed by atoms with Gasteiger partial charge in [-0.05, 0) is 61.8 Å². The van der Waals surface area contributed by atoms with Crippen LogP contribution >= 0.6 is 0 Å². The van der Waals surface area contributed by atoms with Gasteiger partial charge in [0, 0.05) is 49.3 Å². The summed E-state index contributed by atoms with van der Waals surface area (Å²) in [5, 5.41) is 11.7. The molecule has 4 atom stereocenters. The van der Waals surface area contributed by atoms with Crippen LogP contribution in [0.15, 0.2) is 65.2 Å². The van der Waals surface area contributed by atoms with Crippen LogP contribution in [0.2, 0.25) is 0 Å². The van der Waals surface area contributed by atoms with Crippen molar-refractivity contribution in [2.75, 3.05) is 6.61 Å². The van der Waals surface area contributed by atoms with Crippen LogP contribution in [0.4, 0.5) is 0 Å². The number of ketones is 2. The van der Waals surface area contributed by atoms with Crippen molar-refractivity contribution in [3.8, 4) is 0 Å². The molecule has 1 fully saturated rings. The van der Waals surface area contributed by atoms with Crippen molar-refractivity contribution < 1.29 is 33.2 Å². The number of nitrogens with one attached hydrogen (secondary N) is 2. The monoisotopic (exact) mass is 657 g/mol. The average molecular weight is 658 g/mol. The van der Waals surface area contributed by atoms with Crippen LogP contribution in [0.1, 0.15) is 87.5 Å². The smallest absolute Gasteiger partial charge is 0.330 e. The first kappa shape index (κ1) is 36.2. The van der Waals surface area contributed by atoms with E-state index in [0.29, 0.717) is 25.0 Å². The second kappa shape index (κ2) is 17.5. The molecule has 48 heavy (non-hydrogen) atoms. The van der Waals surface area contributed by atoms with Crippen molar-refractivity contribution in [3.63, 3.8) is 0 Å². The molecule has 3 aromatic rings. The van der Waals surface area contributed by atoms with Crippen LogP contribution in [-0.4, -0.2) is 53.2 Å². The lowest BCUT2D eigenvalue weighted by Crippen LogP contribution is -2.45.